The molecule has 7 heteroatoms. The molecule has 0 radical (unpaired) electrons. The van der Waals surface area contributed by atoms with Crippen molar-refractivity contribution in [3.8, 4) is 11.6 Å². The molecule has 3 aromatic rings. The van der Waals surface area contributed by atoms with Crippen molar-refractivity contribution in [1.29, 1.82) is 0 Å². The summed E-state index contributed by atoms with van der Waals surface area (Å²) in [5, 5.41) is 14.0. The smallest absolute Gasteiger partial charge is 0.281 e. The number of H-pyrrole nitrogens is 1. The maximum absolute atomic E-state index is 11.8. The standard InChI is InChI=1S/C10H8N6O/c1-16-7-5-3-2-4-6(7)10(17)11-9(16)8-12-14-15-13-8/h2-5H,1H3,(H,12,13,14,15). The first-order valence-corrected chi connectivity index (χ1v) is 4.97. The minimum atomic E-state index is -0.293. The summed E-state index contributed by atoms with van der Waals surface area (Å²) in [7, 11) is 1.81. The Morgan fingerprint density at radius 1 is 1.29 bits per heavy atom. The van der Waals surface area contributed by atoms with E-state index in [9.17, 15) is 4.79 Å². The van der Waals surface area contributed by atoms with Crippen LogP contribution in [-0.4, -0.2) is 30.2 Å². The number of hydrogen-bond donors (Lipinski definition) is 1. The Balaban J connectivity index is 2.43. The Morgan fingerprint density at radius 3 is 2.88 bits per heavy atom. The van der Waals surface area contributed by atoms with Crippen molar-refractivity contribution in [3.63, 3.8) is 0 Å². The predicted octanol–water partition coefficient (Wildman–Crippen LogP) is 0.114. The second kappa shape index (κ2) is 3.48. The molecule has 0 aliphatic rings. The molecule has 0 saturated carbocycles. The number of fused-ring (bicyclic) bond motifs is 1. The Labute approximate surface area is 95.1 Å². The molecule has 7 nitrogen and oxygen atoms in total. The van der Waals surface area contributed by atoms with E-state index in [-0.39, 0.29) is 5.56 Å². The molecule has 0 aliphatic heterocycles. The highest BCUT2D eigenvalue weighted by Crippen LogP contribution is 2.14. The number of benzene rings is 1. The zero-order valence-electron chi connectivity index (χ0n) is 8.95. The third kappa shape index (κ3) is 1.40. The van der Waals surface area contributed by atoms with Gasteiger partial charge in [0.1, 0.15) is 0 Å². The van der Waals surface area contributed by atoms with Crippen LogP contribution in [0.3, 0.4) is 0 Å². The zero-order chi connectivity index (χ0) is 11.8. The van der Waals surface area contributed by atoms with Crippen LogP contribution in [0.2, 0.25) is 0 Å². The Kier molecular flexibility index (Phi) is 1.97. The van der Waals surface area contributed by atoms with Gasteiger partial charge in [0.2, 0.25) is 5.82 Å². The van der Waals surface area contributed by atoms with E-state index in [1.54, 1.807) is 23.7 Å². The van der Waals surface area contributed by atoms with E-state index in [2.05, 4.69) is 25.6 Å². The first-order chi connectivity index (χ1) is 8.27. The summed E-state index contributed by atoms with van der Waals surface area (Å²) >= 11 is 0. The SMILES string of the molecule is Cn1c(-c2nn[nH]n2)nc(=O)c2ccccc21. The third-order valence-electron chi connectivity index (χ3n) is 2.57. The largest absolute Gasteiger partial charge is 0.325 e. The Bertz CT molecular complexity index is 730. The molecular formula is C10H8N6O. The van der Waals surface area contributed by atoms with Gasteiger partial charge in [0.05, 0.1) is 10.9 Å². The van der Waals surface area contributed by atoms with Crippen LogP contribution in [0.5, 0.6) is 0 Å². The minimum Gasteiger partial charge on any atom is -0.325 e. The molecule has 84 valence electrons. The summed E-state index contributed by atoms with van der Waals surface area (Å²) in [6.45, 7) is 0. The van der Waals surface area contributed by atoms with E-state index < -0.39 is 0 Å². The number of aryl methyl sites for hydroxylation is 1. The second-order valence-corrected chi connectivity index (χ2v) is 3.55. The van der Waals surface area contributed by atoms with Gasteiger partial charge in [-0.1, -0.05) is 12.1 Å². The lowest BCUT2D eigenvalue weighted by Crippen LogP contribution is -2.14. The predicted molar refractivity (Wildman–Crippen MR) is 60.2 cm³/mol. The number of tetrazole rings is 1. The fourth-order valence-electron chi connectivity index (χ4n) is 1.75. The number of nitrogens with zero attached hydrogens (tertiary/aromatic N) is 5. The van der Waals surface area contributed by atoms with Gasteiger partial charge >= 0.3 is 0 Å². The average molecular weight is 228 g/mol. The molecule has 17 heavy (non-hydrogen) atoms. The maximum atomic E-state index is 11.8. The summed E-state index contributed by atoms with van der Waals surface area (Å²) in [6.07, 6.45) is 0. The second-order valence-electron chi connectivity index (χ2n) is 3.55. The molecule has 0 bridgehead atoms. The summed E-state index contributed by atoms with van der Waals surface area (Å²) in [5.41, 5.74) is 0.491. The summed E-state index contributed by atoms with van der Waals surface area (Å²) in [6, 6.07) is 7.26. The molecule has 0 unspecified atom stereocenters. The number of aromatic amines is 1. The number of aromatic nitrogens is 6. The molecule has 1 aromatic carbocycles. The van der Waals surface area contributed by atoms with Gasteiger partial charge in [-0.05, 0) is 17.3 Å². The number of para-hydroxylation sites is 1. The van der Waals surface area contributed by atoms with Crippen molar-refractivity contribution in [3.05, 3.63) is 34.6 Å². The molecule has 2 heterocycles. The highest BCUT2D eigenvalue weighted by molar-refractivity contribution is 5.79. The van der Waals surface area contributed by atoms with Crippen molar-refractivity contribution >= 4 is 10.9 Å². The van der Waals surface area contributed by atoms with Crippen molar-refractivity contribution in [2.45, 2.75) is 0 Å². The summed E-state index contributed by atoms with van der Waals surface area (Å²) in [5.74, 6) is 0.692. The van der Waals surface area contributed by atoms with E-state index in [0.717, 1.165) is 5.52 Å². The van der Waals surface area contributed by atoms with Gasteiger partial charge in [-0.25, -0.2) is 0 Å². The molecule has 1 N–H and O–H groups in total. The van der Waals surface area contributed by atoms with E-state index in [1.807, 2.05) is 12.1 Å². The molecular weight excluding hydrogens is 220 g/mol. The minimum absolute atomic E-state index is 0.293. The monoisotopic (exact) mass is 228 g/mol. The average Bonchev–Trinajstić information content (AvgIpc) is 2.87. The fraction of sp³-hybridized carbons (Fsp3) is 0.100. The van der Waals surface area contributed by atoms with Crippen LogP contribution >= 0.6 is 0 Å². The molecule has 0 spiro atoms. The van der Waals surface area contributed by atoms with Gasteiger partial charge < -0.3 is 4.57 Å². The first-order valence-electron chi connectivity index (χ1n) is 4.97. The van der Waals surface area contributed by atoms with Gasteiger partial charge in [-0.3, -0.25) is 4.79 Å². The number of hydrogen-bond acceptors (Lipinski definition) is 5. The van der Waals surface area contributed by atoms with Crippen LogP contribution in [-0.2, 0) is 7.05 Å². The lowest BCUT2D eigenvalue weighted by molar-refractivity contribution is 0.881. The molecule has 0 aliphatic carbocycles. The van der Waals surface area contributed by atoms with Crippen molar-refractivity contribution in [1.82, 2.24) is 30.2 Å². The van der Waals surface area contributed by atoms with E-state index in [1.165, 1.54) is 0 Å². The van der Waals surface area contributed by atoms with Crippen molar-refractivity contribution in [2.75, 3.05) is 0 Å². The molecule has 2 aromatic heterocycles. The van der Waals surface area contributed by atoms with E-state index in [0.29, 0.717) is 17.0 Å². The Morgan fingerprint density at radius 2 is 2.12 bits per heavy atom. The molecule has 0 atom stereocenters. The van der Waals surface area contributed by atoms with Gasteiger partial charge in [-0.15, -0.1) is 10.2 Å². The number of rotatable bonds is 1. The zero-order valence-corrected chi connectivity index (χ0v) is 8.95. The third-order valence-corrected chi connectivity index (χ3v) is 2.57. The topological polar surface area (TPSA) is 89.3 Å². The van der Waals surface area contributed by atoms with Crippen LogP contribution in [0.15, 0.2) is 29.1 Å². The van der Waals surface area contributed by atoms with Crippen LogP contribution in [0.1, 0.15) is 0 Å². The normalized spacial score (nSPS) is 10.9. The van der Waals surface area contributed by atoms with Gasteiger partial charge in [0.15, 0.2) is 5.82 Å². The van der Waals surface area contributed by atoms with Crippen molar-refractivity contribution < 1.29 is 0 Å². The highest BCUT2D eigenvalue weighted by atomic mass is 16.1. The quantitative estimate of drug-likeness (QED) is 0.638. The Hall–Kier alpha value is -2.57. The lowest BCUT2D eigenvalue weighted by atomic mass is 10.2. The molecule has 0 saturated heterocycles. The van der Waals surface area contributed by atoms with E-state index in [4.69, 9.17) is 0 Å². The summed E-state index contributed by atoms with van der Waals surface area (Å²) in [4.78, 5) is 15.8. The van der Waals surface area contributed by atoms with Gasteiger partial charge in [-0.2, -0.15) is 10.2 Å². The van der Waals surface area contributed by atoms with Crippen LogP contribution in [0.25, 0.3) is 22.6 Å². The van der Waals surface area contributed by atoms with E-state index >= 15 is 0 Å². The molecule has 0 fully saturated rings. The van der Waals surface area contributed by atoms with Crippen LogP contribution < -0.4 is 5.56 Å². The maximum Gasteiger partial charge on any atom is 0.281 e. The summed E-state index contributed by atoms with van der Waals surface area (Å²) < 4.78 is 1.77. The fourth-order valence-corrected chi connectivity index (χ4v) is 1.75. The molecule has 3 rings (SSSR count). The van der Waals surface area contributed by atoms with Crippen LogP contribution in [0, 0.1) is 0 Å². The van der Waals surface area contributed by atoms with Gasteiger partial charge in [0.25, 0.3) is 5.56 Å². The van der Waals surface area contributed by atoms with Crippen LogP contribution in [0.4, 0.5) is 0 Å². The van der Waals surface area contributed by atoms with Crippen molar-refractivity contribution in [2.24, 2.45) is 7.05 Å². The number of nitrogens with one attached hydrogen (secondary N) is 1. The molecule has 0 amide bonds. The van der Waals surface area contributed by atoms with Gasteiger partial charge in [0, 0.05) is 7.05 Å². The first kappa shape index (κ1) is 9.64. The lowest BCUT2D eigenvalue weighted by Gasteiger charge is -2.07. The highest BCUT2D eigenvalue weighted by Gasteiger charge is 2.12.